The molecule has 11 amide bonds. The van der Waals surface area contributed by atoms with Crippen LogP contribution in [0.4, 0.5) is 16.2 Å². The van der Waals surface area contributed by atoms with Crippen molar-refractivity contribution in [1.29, 1.82) is 0 Å². The molecule has 4 aliphatic heterocycles. The summed E-state index contributed by atoms with van der Waals surface area (Å²) < 4.78 is 82.5. The molecule has 0 spiro atoms. The number of likely N-dealkylation sites (N-methyl/N-ethyl adjacent to an activating group) is 1. The van der Waals surface area contributed by atoms with Crippen molar-refractivity contribution in [3.05, 3.63) is 123 Å². The number of anilines is 2. The molecule has 10 rings (SSSR count). The number of amides is 11. The number of aromatic hydroxyl groups is 1. The molecule has 804 valence electrons. The second-order valence-electron chi connectivity index (χ2n) is 38.8. The van der Waals surface area contributed by atoms with Gasteiger partial charge in [-0.05, 0) is 105 Å². The van der Waals surface area contributed by atoms with Gasteiger partial charge in [0.25, 0.3) is 11.7 Å². The van der Waals surface area contributed by atoms with Crippen LogP contribution in [0, 0.1) is 66.1 Å². The van der Waals surface area contributed by atoms with Crippen molar-refractivity contribution < 1.29 is 140 Å². The number of nitrogens with two attached hydrogens (primary N) is 2. The quantitative estimate of drug-likeness (QED) is 0.00272. The minimum atomic E-state index is -2.09. The number of phenols is 1. The first-order valence-electron chi connectivity index (χ1n) is 50.1. The number of allylic oxidation sites excluding steroid dienone is 3. The number of methoxy groups -OCH3 is 1. The number of fused-ring (bicyclic) bond motifs is 7. The predicted octanol–water partition coefficient (Wildman–Crippen LogP) is 7.02. The number of aromatic nitrogens is 1. The minimum Gasteiger partial charge on any atom is -1.00 e. The number of nitrogens with zero attached hydrogens (tertiary/aromatic N) is 3. The molecule has 1 saturated carbocycles. The van der Waals surface area contributed by atoms with E-state index in [0.29, 0.717) is 121 Å². The van der Waals surface area contributed by atoms with Crippen LogP contribution in [0.25, 0.3) is 39.1 Å². The number of aliphatic hydroxyl groups excluding tert-OH is 1. The van der Waals surface area contributed by atoms with Crippen LogP contribution in [0.5, 0.6) is 17.2 Å². The minimum absolute atomic E-state index is 0. The number of nitrogens with one attached hydrogen (secondary N) is 8. The van der Waals surface area contributed by atoms with Gasteiger partial charge in [-0.3, -0.25) is 62.4 Å². The van der Waals surface area contributed by atoms with Crippen LogP contribution in [-0.4, -0.2) is 353 Å². The van der Waals surface area contributed by atoms with E-state index in [-0.39, 0.29) is 257 Å². The maximum absolute atomic E-state index is 15.2. The number of phenolic OH excluding ortho intramolecular Hbond substituents is 1. The molecule has 1 saturated heterocycles. The standard InChI is InChI=1S/C104H147N13O29.Ba.H/c1-59(2)87(114-81(121)31-37-134-41-43-136-45-47-138-49-51-140-53-54-141-52-50-139-48-46-137-44-42-135-39-34-108-80(120)29-35-116-101(130)82-70-55-69(73(56-70)83(82)102(116)131)28-33-109-98(127)74(105)25-27-79(106)119)100(129)113-76(19-16-32-110-103(107)132)99(128)111-71-22-20-68(21-23-71)58-117(12,13)36-40-142-72-24-26-75-78(57-72)145-95-88(112-75)84-85-91(123)66(9)94-86(84)96(125)104(11,146-94)143-38-30-77(133-14)65(8)93(144-67(10)118)64(7)62(5)63(6)90(122)60(3)17-15-18-61(4)97(126)115-89(95)92(85)124;;/h15,17-18,20-24,26,30,38,55,57,59-60,62-65,70,73-74,76-77,82-83,87,90,93,105,122-123H,16,19,25,27-29,31-37,39-54,56,58H2,1-14H3,(H2,106,119)(H,108,120)(H,109,127)(H,111,128)(H,113,129)(H,114,121)(H,115,126)(H3,107,110,132);;/q;+2;-1/b17-15+,38-30+,61-18-;;/t60-,62+,63-,64+,65+,70?,73?,74-,76-,77-,82?,83?,87-,90-,93-,104-;;/m0../s1. The van der Waals surface area contributed by atoms with Crippen molar-refractivity contribution in [2.24, 2.45) is 70.6 Å². The van der Waals surface area contributed by atoms with Gasteiger partial charge in [-0.1, -0.05) is 103 Å². The Morgan fingerprint density at radius 2 is 1.32 bits per heavy atom. The predicted molar refractivity (Wildman–Crippen MR) is 544 cm³/mol. The van der Waals surface area contributed by atoms with E-state index in [2.05, 4.69) is 37.2 Å². The van der Waals surface area contributed by atoms with Gasteiger partial charge in [0.2, 0.25) is 52.7 Å². The zero-order chi connectivity index (χ0) is 106. The molecule has 16 atom stereocenters. The average molecular weight is 2180 g/mol. The van der Waals surface area contributed by atoms with Crippen molar-refractivity contribution in [3.8, 4) is 28.7 Å². The molecule has 14 N–H and O–H groups in total. The summed E-state index contributed by atoms with van der Waals surface area (Å²) in [6.45, 7) is 25.4. The monoisotopic (exact) mass is 2180 g/mol. The number of quaternary nitrogens is 1. The molecule has 147 heavy (non-hydrogen) atoms. The zero-order valence-electron chi connectivity index (χ0n) is 87.8. The van der Waals surface area contributed by atoms with Gasteiger partial charge in [-0.2, -0.15) is 0 Å². The Morgan fingerprint density at radius 3 is 1.93 bits per heavy atom. The number of carbonyl (C=O) groups excluding carboxylic acids is 12. The molecule has 3 aromatic carbocycles. The number of urea groups is 1. The number of aliphatic hydroxyl groups is 1. The molecule has 7 aliphatic rings. The van der Waals surface area contributed by atoms with Gasteiger partial charge in [0.05, 0.1) is 161 Å². The van der Waals surface area contributed by atoms with E-state index < -0.39 is 136 Å². The molecule has 3 aromatic rings. The van der Waals surface area contributed by atoms with Crippen LogP contribution in [0.3, 0.4) is 0 Å². The van der Waals surface area contributed by atoms with Gasteiger partial charge in [0, 0.05) is 112 Å². The third-order valence-corrected chi connectivity index (χ3v) is 27.3. The normalized spacial score (nSPS) is 22.9. The Hall–Kier alpha value is -10.4. The van der Waals surface area contributed by atoms with E-state index in [9.17, 15) is 63.0 Å². The molecule has 43 heteroatoms. The summed E-state index contributed by atoms with van der Waals surface area (Å²) in [5.74, 6) is -11.3. The van der Waals surface area contributed by atoms with E-state index in [0.717, 1.165) is 11.1 Å². The molecule has 0 aromatic heterocycles. The fraction of sp³-hybridized carbons (Fsp3) is 0.596. The fourth-order valence-corrected chi connectivity index (χ4v) is 18.7. The molecule has 0 radical (unpaired) electrons. The van der Waals surface area contributed by atoms with Crippen molar-refractivity contribution in [2.75, 3.05) is 177 Å². The molecule has 4 unspecified atom stereocenters. The number of primary amides is 2. The van der Waals surface area contributed by atoms with Gasteiger partial charge in [-0.25, -0.2) is 9.78 Å². The zero-order valence-corrected chi connectivity index (χ0v) is 91.2. The Kier molecular flexibility index (Phi) is 47.5. The summed E-state index contributed by atoms with van der Waals surface area (Å²) in [6, 6.07) is 8.10. The number of likely N-dealkylation sites (tertiary alicyclic amines) is 1. The number of imide groups is 1. The van der Waals surface area contributed by atoms with E-state index in [1.807, 2.05) is 66.9 Å². The van der Waals surface area contributed by atoms with E-state index in [1.165, 1.54) is 52.0 Å². The summed E-state index contributed by atoms with van der Waals surface area (Å²) in [5.41, 5.74) is 19.7. The molecular weight excluding hydrogens is 2030 g/mol. The van der Waals surface area contributed by atoms with Crippen molar-refractivity contribution in [2.45, 2.75) is 176 Å². The second kappa shape index (κ2) is 58.1. The van der Waals surface area contributed by atoms with E-state index >= 15 is 9.59 Å². The second-order valence-corrected chi connectivity index (χ2v) is 38.8. The first kappa shape index (κ1) is 120. The number of ketones is 1. The Morgan fingerprint density at radius 1 is 0.701 bits per heavy atom. The number of ether oxygens (including phenoxy) is 13. The molecule has 42 nitrogen and oxygen atoms in total. The first-order valence-corrected chi connectivity index (χ1v) is 50.1. The summed E-state index contributed by atoms with van der Waals surface area (Å²) in [7, 11) is 5.51. The number of esters is 1. The molecule has 3 aliphatic carbocycles. The Balaban J connectivity index is 0.0000133. The summed E-state index contributed by atoms with van der Waals surface area (Å²) in [5, 5.41) is 42.6. The van der Waals surface area contributed by atoms with Crippen molar-refractivity contribution in [1.82, 2.24) is 36.5 Å². The smallest absolute Gasteiger partial charge is 1.00 e. The maximum Gasteiger partial charge on any atom is 2.00 e. The van der Waals surface area contributed by atoms with Gasteiger partial charge < -0.3 is 137 Å². The Labute approximate surface area is 898 Å². The number of Topliss-reactive ketones (excluding diaryl/α,β-unsaturated/α-hetero) is 1. The van der Waals surface area contributed by atoms with E-state index in [4.69, 9.17) is 88.2 Å². The molecular formula is C104H148BaN13O29+. The van der Waals surface area contributed by atoms with Crippen LogP contribution < -0.4 is 63.6 Å². The van der Waals surface area contributed by atoms with Gasteiger partial charge in [0.15, 0.2) is 11.3 Å². The Bertz CT molecular complexity index is 5530. The third kappa shape index (κ3) is 33.8. The van der Waals surface area contributed by atoms with Crippen molar-refractivity contribution in [3.63, 3.8) is 0 Å². The number of hydrogen-bond donors (Lipinski definition) is 11. The first-order chi connectivity index (χ1) is 69.6. The maximum atomic E-state index is 15.2. The summed E-state index contributed by atoms with van der Waals surface area (Å²) in [4.78, 5) is 179. The third-order valence-electron chi connectivity index (χ3n) is 27.3. The SMILES string of the molecule is CO[C@H]1/C=C/O[C@@]2(C)Oc3c(C)c(O)c4c(=O)c(c5oc6cc(OCC[N+](C)(C)Cc7ccc(NC(=O)[C@H](CCCNC(N)=O)NC(=O)[C@@H](NC(=O)CCOCCOCCOCCOCCOCCOCCOCCOCCNC(=O)CCN8C(=O)C9C%10C=C(CCNC(=O)[C@@H]([NH-])CCC(N)=O)C(C%10)C9C8=O)C(C)C)cc7)ccc6nc-5c4c3C2=O)NC(=O)/C(C)=C\C=C\[C@H](C)[C@H](O)[C@@H](C)[C@@H](C)[C@@H](C)[C@H](OC(C)=O)[C@@H]1C.[Ba+2].[H-]. The summed E-state index contributed by atoms with van der Waals surface area (Å²) in [6.07, 6.45) is 8.87. The van der Waals surface area contributed by atoms with Gasteiger partial charge >= 0.3 is 66.7 Å². The fourth-order valence-electron chi connectivity index (χ4n) is 18.7. The van der Waals surface area contributed by atoms with Crippen LogP contribution in [0.2, 0.25) is 0 Å². The number of rotatable bonds is 55. The molecule has 4 heterocycles. The largest absolute Gasteiger partial charge is 2.00 e. The number of hydrogen-bond acceptors (Lipinski definition) is 30. The van der Waals surface area contributed by atoms with Crippen LogP contribution >= 0.6 is 0 Å². The summed E-state index contributed by atoms with van der Waals surface area (Å²) >= 11 is 0. The molecule has 2 fully saturated rings. The molecule has 6 bridgehead atoms. The van der Waals surface area contributed by atoms with Gasteiger partial charge in [0.1, 0.15) is 72.0 Å². The van der Waals surface area contributed by atoms with Crippen LogP contribution in [0.15, 0.2) is 99.5 Å². The van der Waals surface area contributed by atoms with Crippen LogP contribution in [0.1, 0.15) is 144 Å². The average Bonchev–Trinajstić information content (AvgIpc) is 1.48. The van der Waals surface area contributed by atoms with Gasteiger partial charge in [-0.15, -0.1) is 0 Å². The number of benzene rings is 4. The van der Waals surface area contributed by atoms with Crippen molar-refractivity contribution >= 4 is 153 Å². The van der Waals surface area contributed by atoms with Crippen LogP contribution in [-0.2, 0) is 107 Å². The van der Waals surface area contributed by atoms with E-state index in [1.54, 1.807) is 62.4 Å². The number of carbonyl (C=O) groups is 12. The topological polar surface area (TPSA) is 572 Å².